The van der Waals surface area contributed by atoms with Crippen LogP contribution in [0.5, 0.6) is 5.75 Å². The minimum Gasteiger partial charge on any atom is -0.494 e. The highest BCUT2D eigenvalue weighted by Gasteiger charge is 2.29. The van der Waals surface area contributed by atoms with E-state index in [1.165, 1.54) is 0 Å². The van der Waals surface area contributed by atoms with Gasteiger partial charge in [-0.2, -0.15) is 0 Å². The van der Waals surface area contributed by atoms with Crippen LogP contribution in [-0.2, 0) is 21.2 Å². The second kappa shape index (κ2) is 8.90. The molecular weight excluding hydrogens is 364 g/mol. The second-order valence-electron chi connectivity index (χ2n) is 6.20. The Morgan fingerprint density at radius 1 is 1.07 bits per heavy atom. The quantitative estimate of drug-likeness (QED) is 0.749. The van der Waals surface area contributed by atoms with Gasteiger partial charge in [-0.05, 0) is 62.2 Å². The van der Waals surface area contributed by atoms with Gasteiger partial charge in [0.2, 0.25) is 15.9 Å². The van der Waals surface area contributed by atoms with E-state index in [9.17, 15) is 13.2 Å². The fraction of sp³-hybridized carbons (Fsp3) is 0.350. The molecule has 27 heavy (non-hydrogen) atoms. The Bertz CT molecular complexity index is 862. The molecule has 2 rings (SSSR count). The molecule has 0 aliphatic carbocycles. The van der Waals surface area contributed by atoms with E-state index in [-0.39, 0.29) is 0 Å². The van der Waals surface area contributed by atoms with Gasteiger partial charge in [0.05, 0.1) is 18.6 Å². The number of sulfonamides is 1. The second-order valence-corrected chi connectivity index (χ2v) is 8.06. The SMILES string of the molecule is CCOc1ccc(N([C@H](C)C(=O)Nc2ccc(CC)cc2)S(C)(=O)=O)cc1. The molecule has 1 amide bonds. The lowest BCUT2D eigenvalue weighted by molar-refractivity contribution is -0.116. The number of benzene rings is 2. The molecule has 1 atom stereocenters. The number of nitrogens with one attached hydrogen (secondary N) is 1. The first-order valence-electron chi connectivity index (χ1n) is 8.88. The molecule has 2 aromatic rings. The van der Waals surface area contributed by atoms with Crippen LogP contribution in [-0.4, -0.2) is 33.2 Å². The number of carbonyl (C=O) groups excluding carboxylic acids is 1. The minimum absolute atomic E-state index is 0.404. The van der Waals surface area contributed by atoms with E-state index < -0.39 is 22.0 Å². The number of carbonyl (C=O) groups is 1. The van der Waals surface area contributed by atoms with Crippen LogP contribution in [0, 0.1) is 0 Å². The molecule has 0 heterocycles. The van der Waals surface area contributed by atoms with Crippen molar-refractivity contribution in [2.45, 2.75) is 33.2 Å². The Morgan fingerprint density at radius 3 is 2.15 bits per heavy atom. The highest BCUT2D eigenvalue weighted by atomic mass is 32.2. The number of aryl methyl sites for hydroxylation is 1. The van der Waals surface area contributed by atoms with Crippen molar-refractivity contribution >= 4 is 27.3 Å². The first kappa shape index (κ1) is 20.8. The van der Waals surface area contributed by atoms with E-state index in [1.54, 1.807) is 31.2 Å². The molecule has 0 bridgehead atoms. The fourth-order valence-corrected chi connectivity index (χ4v) is 3.91. The molecule has 0 fully saturated rings. The Balaban J connectivity index is 2.23. The van der Waals surface area contributed by atoms with Crippen LogP contribution in [0.1, 0.15) is 26.3 Å². The van der Waals surface area contributed by atoms with Crippen LogP contribution in [0.2, 0.25) is 0 Å². The van der Waals surface area contributed by atoms with E-state index in [0.29, 0.717) is 23.7 Å². The van der Waals surface area contributed by atoms with Crippen molar-refractivity contribution in [2.75, 3.05) is 22.5 Å². The summed E-state index contributed by atoms with van der Waals surface area (Å²) in [4.78, 5) is 12.7. The molecule has 6 nitrogen and oxygen atoms in total. The number of amides is 1. The van der Waals surface area contributed by atoms with E-state index in [1.807, 2.05) is 31.2 Å². The van der Waals surface area contributed by atoms with Crippen molar-refractivity contribution in [1.82, 2.24) is 0 Å². The molecule has 0 saturated heterocycles. The third kappa shape index (κ3) is 5.47. The lowest BCUT2D eigenvalue weighted by Gasteiger charge is -2.28. The van der Waals surface area contributed by atoms with Gasteiger partial charge in [-0.3, -0.25) is 9.10 Å². The van der Waals surface area contributed by atoms with Gasteiger partial charge < -0.3 is 10.1 Å². The third-order valence-electron chi connectivity index (χ3n) is 4.12. The van der Waals surface area contributed by atoms with Gasteiger partial charge >= 0.3 is 0 Å². The average molecular weight is 391 g/mol. The predicted octanol–water partition coefficient (Wildman–Crippen LogP) is 3.44. The van der Waals surface area contributed by atoms with Crippen LogP contribution in [0.15, 0.2) is 48.5 Å². The Morgan fingerprint density at radius 2 is 1.67 bits per heavy atom. The first-order valence-corrected chi connectivity index (χ1v) is 10.7. The number of nitrogens with zero attached hydrogens (tertiary/aromatic N) is 1. The van der Waals surface area contributed by atoms with Gasteiger partial charge in [-0.25, -0.2) is 8.42 Å². The summed E-state index contributed by atoms with van der Waals surface area (Å²) >= 11 is 0. The summed E-state index contributed by atoms with van der Waals surface area (Å²) in [5, 5.41) is 2.78. The number of rotatable bonds is 8. The molecule has 0 saturated carbocycles. The van der Waals surface area contributed by atoms with Gasteiger partial charge in [0.15, 0.2) is 0 Å². The lowest BCUT2D eigenvalue weighted by atomic mass is 10.1. The largest absolute Gasteiger partial charge is 0.494 e. The van der Waals surface area contributed by atoms with E-state index in [4.69, 9.17) is 4.74 Å². The third-order valence-corrected chi connectivity index (χ3v) is 5.36. The maximum atomic E-state index is 12.7. The van der Waals surface area contributed by atoms with Crippen molar-refractivity contribution in [3.05, 3.63) is 54.1 Å². The molecule has 0 unspecified atom stereocenters. The first-order chi connectivity index (χ1) is 12.8. The topological polar surface area (TPSA) is 75.7 Å². The Hall–Kier alpha value is -2.54. The molecule has 146 valence electrons. The van der Waals surface area contributed by atoms with E-state index in [0.717, 1.165) is 22.5 Å². The molecule has 2 aromatic carbocycles. The van der Waals surface area contributed by atoms with Gasteiger partial charge in [-0.1, -0.05) is 19.1 Å². The summed E-state index contributed by atoms with van der Waals surface area (Å²) in [6.45, 7) is 6.00. The smallest absolute Gasteiger partial charge is 0.247 e. The highest BCUT2D eigenvalue weighted by molar-refractivity contribution is 7.92. The zero-order valence-corrected chi connectivity index (χ0v) is 16.9. The minimum atomic E-state index is -3.66. The van der Waals surface area contributed by atoms with Crippen molar-refractivity contribution in [1.29, 1.82) is 0 Å². The molecule has 1 N–H and O–H groups in total. The maximum absolute atomic E-state index is 12.7. The van der Waals surface area contributed by atoms with E-state index >= 15 is 0 Å². The van der Waals surface area contributed by atoms with Crippen molar-refractivity contribution in [3.63, 3.8) is 0 Å². The summed E-state index contributed by atoms with van der Waals surface area (Å²) in [5.74, 6) is 0.237. The normalized spacial score (nSPS) is 12.3. The zero-order chi connectivity index (χ0) is 20.0. The van der Waals surface area contributed by atoms with Gasteiger partial charge in [0, 0.05) is 5.69 Å². The molecular formula is C20H26N2O4S. The van der Waals surface area contributed by atoms with Gasteiger partial charge in [0.1, 0.15) is 11.8 Å². The summed E-state index contributed by atoms with van der Waals surface area (Å²) in [7, 11) is -3.66. The molecule has 0 aliphatic rings. The summed E-state index contributed by atoms with van der Waals surface area (Å²) in [6.07, 6.45) is 1.99. The van der Waals surface area contributed by atoms with Crippen LogP contribution in [0.4, 0.5) is 11.4 Å². The summed E-state index contributed by atoms with van der Waals surface area (Å²) in [6, 6.07) is 13.2. The molecule has 0 aromatic heterocycles. The number of anilines is 2. The maximum Gasteiger partial charge on any atom is 0.247 e. The molecule has 0 spiro atoms. The van der Waals surface area contributed by atoms with Crippen LogP contribution in [0.3, 0.4) is 0 Å². The zero-order valence-electron chi connectivity index (χ0n) is 16.1. The lowest BCUT2D eigenvalue weighted by Crippen LogP contribution is -2.45. The summed E-state index contributed by atoms with van der Waals surface area (Å²) in [5.41, 5.74) is 2.20. The van der Waals surface area contributed by atoms with Crippen LogP contribution in [0.25, 0.3) is 0 Å². The van der Waals surface area contributed by atoms with Crippen molar-refractivity contribution in [2.24, 2.45) is 0 Å². The molecule has 7 heteroatoms. The molecule has 0 aliphatic heterocycles. The van der Waals surface area contributed by atoms with Gasteiger partial charge in [0.25, 0.3) is 0 Å². The predicted molar refractivity (Wildman–Crippen MR) is 109 cm³/mol. The van der Waals surface area contributed by atoms with Crippen molar-refractivity contribution < 1.29 is 17.9 Å². The average Bonchev–Trinajstić information content (AvgIpc) is 2.63. The van der Waals surface area contributed by atoms with Crippen LogP contribution >= 0.6 is 0 Å². The van der Waals surface area contributed by atoms with Crippen molar-refractivity contribution in [3.8, 4) is 5.75 Å². The van der Waals surface area contributed by atoms with Gasteiger partial charge in [-0.15, -0.1) is 0 Å². The van der Waals surface area contributed by atoms with Crippen LogP contribution < -0.4 is 14.4 Å². The Kier molecular flexibility index (Phi) is 6.85. The standard InChI is InChI=1S/C20H26N2O4S/c1-5-16-7-9-17(10-8-16)21-20(23)15(3)22(27(4,24)25)18-11-13-19(14-12-18)26-6-2/h7-15H,5-6H2,1-4H3,(H,21,23)/t15-/m1/s1. The fourth-order valence-electron chi connectivity index (χ4n) is 2.74. The number of hydrogen-bond acceptors (Lipinski definition) is 4. The highest BCUT2D eigenvalue weighted by Crippen LogP contribution is 2.24. The molecule has 0 radical (unpaired) electrons. The van der Waals surface area contributed by atoms with E-state index in [2.05, 4.69) is 12.2 Å². The Labute approximate surface area is 161 Å². The monoisotopic (exact) mass is 390 g/mol. The number of ether oxygens (including phenoxy) is 1. The number of hydrogen-bond donors (Lipinski definition) is 1. The summed E-state index contributed by atoms with van der Waals surface area (Å²) < 4.78 is 31.2.